The van der Waals surface area contributed by atoms with Crippen molar-refractivity contribution < 1.29 is 9.16 Å². The monoisotopic (exact) mass is 230 g/mol. The van der Waals surface area contributed by atoms with Crippen LogP contribution in [0, 0.1) is 0 Å². The minimum atomic E-state index is -1.56. The highest BCUT2D eigenvalue weighted by atomic mass is 28.4. The van der Waals surface area contributed by atoms with Gasteiger partial charge >= 0.3 is 0 Å². The molecule has 1 saturated heterocycles. The molecule has 0 radical (unpaired) electrons. The van der Waals surface area contributed by atoms with Gasteiger partial charge in [-0.1, -0.05) is 20.8 Å². The summed E-state index contributed by atoms with van der Waals surface area (Å²) in [5.41, 5.74) is 0. The van der Waals surface area contributed by atoms with Gasteiger partial charge in [0.25, 0.3) is 0 Å². The van der Waals surface area contributed by atoms with Crippen molar-refractivity contribution >= 4 is 8.32 Å². The Morgan fingerprint density at radius 3 is 2.33 bits per heavy atom. The maximum Gasteiger partial charge on any atom is 0.192 e. The van der Waals surface area contributed by atoms with E-state index in [0.29, 0.717) is 17.2 Å². The van der Waals surface area contributed by atoms with Gasteiger partial charge in [-0.15, -0.1) is 0 Å². The molecule has 1 fully saturated rings. The normalized spacial score (nSPS) is 24.0. The molecular formula is C12H26O2Si. The minimum absolute atomic E-state index is 0.317. The van der Waals surface area contributed by atoms with Crippen LogP contribution in [-0.2, 0) is 9.16 Å². The fourth-order valence-corrected chi connectivity index (χ4v) is 2.87. The van der Waals surface area contributed by atoms with Gasteiger partial charge in [0.05, 0.1) is 12.7 Å². The summed E-state index contributed by atoms with van der Waals surface area (Å²) >= 11 is 0. The Morgan fingerprint density at radius 1 is 1.40 bits per heavy atom. The third-order valence-electron chi connectivity index (χ3n) is 3.60. The Kier molecular flexibility index (Phi) is 4.01. The smallest absolute Gasteiger partial charge is 0.192 e. The highest BCUT2D eigenvalue weighted by Crippen LogP contribution is 2.37. The van der Waals surface area contributed by atoms with Gasteiger partial charge in [-0.2, -0.15) is 0 Å². The molecule has 0 saturated carbocycles. The molecule has 3 heteroatoms. The van der Waals surface area contributed by atoms with E-state index >= 15 is 0 Å². The second-order valence-electron chi connectivity index (χ2n) is 6.22. The summed E-state index contributed by atoms with van der Waals surface area (Å²) in [5, 5.41) is 0.317. The molecule has 1 aliphatic heterocycles. The average molecular weight is 230 g/mol. The summed E-state index contributed by atoms with van der Waals surface area (Å²) in [7, 11) is -1.56. The molecule has 1 rings (SSSR count). The molecule has 0 aromatic rings. The van der Waals surface area contributed by atoms with Crippen LogP contribution in [0.4, 0.5) is 0 Å². The van der Waals surface area contributed by atoms with Gasteiger partial charge in [-0.25, -0.2) is 0 Å². The summed E-state index contributed by atoms with van der Waals surface area (Å²) in [5.74, 6) is 0. The number of ether oxygens (including phenoxy) is 1. The van der Waals surface area contributed by atoms with Gasteiger partial charge in [-0.3, -0.25) is 0 Å². The zero-order valence-electron chi connectivity index (χ0n) is 11.1. The summed E-state index contributed by atoms with van der Waals surface area (Å²) in [4.78, 5) is 0. The van der Waals surface area contributed by atoms with E-state index < -0.39 is 8.32 Å². The molecule has 15 heavy (non-hydrogen) atoms. The van der Waals surface area contributed by atoms with E-state index in [9.17, 15) is 0 Å². The van der Waals surface area contributed by atoms with Gasteiger partial charge in [0.1, 0.15) is 0 Å². The number of epoxide rings is 1. The van der Waals surface area contributed by atoms with Crippen molar-refractivity contribution in [2.24, 2.45) is 0 Å². The second kappa shape index (κ2) is 4.56. The molecule has 1 aliphatic rings. The minimum Gasteiger partial charge on any atom is -0.414 e. The Labute approximate surface area is 95.5 Å². The van der Waals surface area contributed by atoms with E-state index in [1.54, 1.807) is 0 Å². The van der Waals surface area contributed by atoms with Gasteiger partial charge < -0.3 is 9.16 Å². The maximum atomic E-state index is 6.26. The zero-order valence-corrected chi connectivity index (χ0v) is 12.1. The van der Waals surface area contributed by atoms with E-state index in [4.69, 9.17) is 9.16 Å². The Bertz CT molecular complexity index is 204. The molecule has 0 aromatic carbocycles. The first-order chi connectivity index (χ1) is 6.72. The van der Waals surface area contributed by atoms with E-state index in [1.807, 2.05) is 0 Å². The Morgan fingerprint density at radius 2 is 1.93 bits per heavy atom. The van der Waals surface area contributed by atoms with Crippen LogP contribution in [0.3, 0.4) is 0 Å². The topological polar surface area (TPSA) is 21.8 Å². The first-order valence-electron chi connectivity index (χ1n) is 6.02. The van der Waals surface area contributed by atoms with E-state index in [1.165, 1.54) is 0 Å². The molecule has 0 bridgehead atoms. The van der Waals surface area contributed by atoms with Crippen LogP contribution in [0.2, 0.25) is 18.1 Å². The summed E-state index contributed by atoms with van der Waals surface area (Å²) in [6.45, 7) is 14.7. The van der Waals surface area contributed by atoms with Crippen LogP contribution >= 0.6 is 0 Å². The van der Waals surface area contributed by atoms with Crippen molar-refractivity contribution in [2.45, 2.75) is 70.9 Å². The van der Waals surface area contributed by atoms with Crippen LogP contribution in [0.15, 0.2) is 0 Å². The van der Waals surface area contributed by atoms with Crippen molar-refractivity contribution in [3.63, 3.8) is 0 Å². The molecule has 0 aliphatic carbocycles. The van der Waals surface area contributed by atoms with Gasteiger partial charge in [-0.05, 0) is 37.9 Å². The fourth-order valence-electron chi connectivity index (χ4n) is 1.39. The van der Waals surface area contributed by atoms with Crippen molar-refractivity contribution in [3.05, 3.63) is 0 Å². The maximum absolute atomic E-state index is 6.26. The van der Waals surface area contributed by atoms with Crippen LogP contribution in [0.25, 0.3) is 0 Å². The van der Waals surface area contributed by atoms with Gasteiger partial charge in [0, 0.05) is 6.10 Å². The van der Waals surface area contributed by atoms with Crippen LogP contribution in [-0.4, -0.2) is 27.1 Å². The lowest BCUT2D eigenvalue weighted by molar-refractivity contribution is 0.182. The lowest BCUT2D eigenvalue weighted by Crippen LogP contribution is -2.43. The molecule has 0 N–H and O–H groups in total. The lowest BCUT2D eigenvalue weighted by atomic mass is 10.2. The second-order valence-corrected chi connectivity index (χ2v) is 11.0. The average Bonchev–Trinajstić information content (AvgIpc) is 2.80. The van der Waals surface area contributed by atoms with Crippen molar-refractivity contribution in [2.75, 3.05) is 6.61 Å². The molecule has 90 valence electrons. The standard InChI is InChI=1S/C12H26O2Si/c1-10(7-8-11-9-13-11)14-15(5,6)12(2,3)4/h10-11H,7-9H2,1-6H3/t10-,11?/m0/s1. The Balaban J connectivity index is 2.31. The zero-order chi connectivity index (χ0) is 11.7. The Hall–Kier alpha value is 0.137. The molecule has 2 atom stereocenters. The van der Waals surface area contributed by atoms with Crippen LogP contribution in [0.1, 0.15) is 40.5 Å². The van der Waals surface area contributed by atoms with Crippen molar-refractivity contribution in [1.29, 1.82) is 0 Å². The van der Waals surface area contributed by atoms with Crippen LogP contribution in [0.5, 0.6) is 0 Å². The summed E-state index contributed by atoms with van der Waals surface area (Å²) in [6.07, 6.45) is 3.22. The molecule has 0 amide bonds. The highest BCUT2D eigenvalue weighted by Gasteiger charge is 2.38. The summed E-state index contributed by atoms with van der Waals surface area (Å²) < 4.78 is 11.5. The number of hydrogen-bond donors (Lipinski definition) is 0. The molecule has 1 unspecified atom stereocenters. The SMILES string of the molecule is C[C@@H](CCC1CO1)O[Si](C)(C)C(C)(C)C. The molecule has 2 nitrogen and oxygen atoms in total. The van der Waals surface area contributed by atoms with E-state index in [-0.39, 0.29) is 0 Å². The third-order valence-corrected chi connectivity index (χ3v) is 8.20. The highest BCUT2D eigenvalue weighted by molar-refractivity contribution is 6.74. The quantitative estimate of drug-likeness (QED) is 0.532. The van der Waals surface area contributed by atoms with E-state index in [2.05, 4.69) is 40.8 Å². The molecule has 1 heterocycles. The molecule has 0 spiro atoms. The lowest BCUT2D eigenvalue weighted by Gasteiger charge is -2.38. The number of hydrogen-bond acceptors (Lipinski definition) is 2. The summed E-state index contributed by atoms with van der Waals surface area (Å²) in [6, 6.07) is 0. The molecule has 0 aromatic heterocycles. The van der Waals surface area contributed by atoms with E-state index in [0.717, 1.165) is 19.4 Å². The largest absolute Gasteiger partial charge is 0.414 e. The molecular weight excluding hydrogens is 204 g/mol. The van der Waals surface area contributed by atoms with Crippen molar-refractivity contribution in [1.82, 2.24) is 0 Å². The van der Waals surface area contributed by atoms with Gasteiger partial charge in [0.15, 0.2) is 8.32 Å². The predicted octanol–water partition coefficient (Wildman–Crippen LogP) is 3.58. The van der Waals surface area contributed by atoms with Gasteiger partial charge in [0.2, 0.25) is 0 Å². The predicted molar refractivity (Wildman–Crippen MR) is 66.7 cm³/mol. The van der Waals surface area contributed by atoms with Crippen molar-refractivity contribution in [3.8, 4) is 0 Å². The number of rotatable bonds is 5. The first kappa shape index (κ1) is 13.2. The first-order valence-corrected chi connectivity index (χ1v) is 8.92. The fraction of sp³-hybridized carbons (Fsp3) is 1.00. The van der Waals surface area contributed by atoms with Crippen LogP contribution < -0.4 is 0 Å². The third kappa shape index (κ3) is 4.25.